The Bertz CT molecular complexity index is 419. The molecule has 5 nitrogen and oxygen atoms in total. The van der Waals surface area contributed by atoms with Gasteiger partial charge in [-0.2, -0.15) is 5.32 Å². The van der Waals surface area contributed by atoms with Gasteiger partial charge in [-0.25, -0.2) is 4.79 Å². The quantitative estimate of drug-likeness (QED) is 0.782. The number of benzene rings is 1. The molecule has 1 aromatic carbocycles. The SMILES string of the molecule is CC(Cc1ccccc1)OC1NC(=O)[N]C1=O. The van der Waals surface area contributed by atoms with Gasteiger partial charge in [0.25, 0.3) is 5.91 Å². The lowest BCUT2D eigenvalue weighted by Crippen LogP contribution is -2.35. The van der Waals surface area contributed by atoms with E-state index >= 15 is 0 Å². The van der Waals surface area contributed by atoms with Crippen LogP contribution in [0, 0.1) is 0 Å². The molecule has 1 aromatic rings. The van der Waals surface area contributed by atoms with Crippen LogP contribution in [0.3, 0.4) is 0 Å². The van der Waals surface area contributed by atoms with Gasteiger partial charge in [0.1, 0.15) is 0 Å². The molecule has 2 unspecified atom stereocenters. The van der Waals surface area contributed by atoms with Crippen LogP contribution < -0.4 is 10.6 Å². The molecule has 2 rings (SSSR count). The van der Waals surface area contributed by atoms with E-state index < -0.39 is 18.2 Å². The van der Waals surface area contributed by atoms with Gasteiger partial charge in [-0.3, -0.25) is 4.79 Å². The van der Waals surface area contributed by atoms with E-state index in [0.29, 0.717) is 6.42 Å². The molecule has 3 amide bonds. The number of imide groups is 1. The van der Waals surface area contributed by atoms with Crippen molar-refractivity contribution in [2.45, 2.75) is 25.7 Å². The molecule has 17 heavy (non-hydrogen) atoms. The van der Waals surface area contributed by atoms with E-state index in [1.165, 1.54) is 0 Å². The van der Waals surface area contributed by atoms with E-state index in [4.69, 9.17) is 4.74 Å². The molecule has 1 aliphatic heterocycles. The molecule has 2 atom stereocenters. The molecule has 0 saturated carbocycles. The van der Waals surface area contributed by atoms with E-state index in [-0.39, 0.29) is 6.10 Å². The number of hydrogen-bond donors (Lipinski definition) is 1. The fourth-order valence-corrected chi connectivity index (χ4v) is 1.68. The molecule has 1 heterocycles. The number of ether oxygens (including phenoxy) is 1. The first kappa shape index (κ1) is 11.6. The monoisotopic (exact) mass is 233 g/mol. The zero-order valence-electron chi connectivity index (χ0n) is 9.42. The molecular weight excluding hydrogens is 220 g/mol. The highest BCUT2D eigenvalue weighted by Gasteiger charge is 2.33. The van der Waals surface area contributed by atoms with E-state index in [1.54, 1.807) is 0 Å². The van der Waals surface area contributed by atoms with Crippen LogP contribution in [-0.4, -0.2) is 24.3 Å². The van der Waals surface area contributed by atoms with Crippen molar-refractivity contribution in [1.29, 1.82) is 0 Å². The highest BCUT2D eigenvalue weighted by Crippen LogP contribution is 2.08. The molecule has 1 N–H and O–H groups in total. The van der Waals surface area contributed by atoms with Gasteiger partial charge in [-0.15, -0.1) is 0 Å². The predicted molar refractivity (Wildman–Crippen MR) is 60.2 cm³/mol. The van der Waals surface area contributed by atoms with Crippen molar-refractivity contribution in [3.63, 3.8) is 0 Å². The maximum atomic E-state index is 11.2. The van der Waals surface area contributed by atoms with Gasteiger partial charge in [0.15, 0.2) is 0 Å². The summed E-state index contributed by atoms with van der Waals surface area (Å²) >= 11 is 0. The highest BCUT2D eigenvalue weighted by molar-refractivity contribution is 6.02. The van der Waals surface area contributed by atoms with Crippen LogP contribution in [0.25, 0.3) is 0 Å². The van der Waals surface area contributed by atoms with Crippen LogP contribution in [0.4, 0.5) is 4.79 Å². The average molecular weight is 233 g/mol. The first-order chi connectivity index (χ1) is 8.15. The maximum absolute atomic E-state index is 11.2. The summed E-state index contributed by atoms with van der Waals surface area (Å²) in [4.78, 5) is 22.0. The molecule has 1 radical (unpaired) electrons. The molecule has 0 bridgehead atoms. The normalized spacial score (nSPS) is 20.9. The van der Waals surface area contributed by atoms with Gasteiger partial charge in [0, 0.05) is 0 Å². The standard InChI is InChI=1S/C12H13N2O3/c1-8(7-9-5-3-2-4-6-9)17-11-10(15)13-12(16)14-11/h2-6,8,11H,7H2,1H3,(H,14,16). The number of nitrogens with zero attached hydrogens (tertiary/aromatic N) is 1. The first-order valence-electron chi connectivity index (χ1n) is 5.40. The van der Waals surface area contributed by atoms with Gasteiger partial charge in [-0.05, 0) is 18.9 Å². The van der Waals surface area contributed by atoms with Crippen LogP contribution >= 0.6 is 0 Å². The van der Waals surface area contributed by atoms with Crippen molar-refractivity contribution in [2.75, 3.05) is 0 Å². The second-order valence-corrected chi connectivity index (χ2v) is 3.92. The third-order valence-corrected chi connectivity index (χ3v) is 2.42. The Labute approximate surface area is 99.2 Å². The van der Waals surface area contributed by atoms with Crippen molar-refractivity contribution < 1.29 is 14.3 Å². The summed E-state index contributed by atoms with van der Waals surface area (Å²) in [5.74, 6) is -0.560. The van der Waals surface area contributed by atoms with Crippen molar-refractivity contribution in [3.8, 4) is 0 Å². The van der Waals surface area contributed by atoms with E-state index in [9.17, 15) is 9.59 Å². The van der Waals surface area contributed by atoms with Crippen LogP contribution in [0.2, 0.25) is 0 Å². The van der Waals surface area contributed by atoms with Crippen molar-refractivity contribution in [2.24, 2.45) is 0 Å². The van der Waals surface area contributed by atoms with Gasteiger partial charge >= 0.3 is 6.03 Å². The van der Waals surface area contributed by atoms with Crippen LogP contribution in [0.15, 0.2) is 30.3 Å². The Morgan fingerprint density at radius 2 is 2.06 bits per heavy atom. The van der Waals surface area contributed by atoms with Crippen molar-refractivity contribution in [3.05, 3.63) is 35.9 Å². The molecule has 5 heteroatoms. The van der Waals surface area contributed by atoms with Gasteiger partial charge in [0.2, 0.25) is 6.23 Å². The lowest BCUT2D eigenvalue weighted by atomic mass is 10.1. The number of carbonyl (C=O) groups is 2. The molecule has 1 aliphatic rings. The summed E-state index contributed by atoms with van der Waals surface area (Å²) in [6.45, 7) is 1.85. The van der Waals surface area contributed by atoms with Crippen LogP contribution in [0.1, 0.15) is 12.5 Å². The number of amides is 3. The van der Waals surface area contributed by atoms with Crippen LogP contribution in [-0.2, 0) is 16.0 Å². The third kappa shape index (κ3) is 3.04. The Morgan fingerprint density at radius 3 is 2.65 bits per heavy atom. The predicted octanol–water partition coefficient (Wildman–Crippen LogP) is 0.814. The second-order valence-electron chi connectivity index (χ2n) is 3.92. The fraction of sp³-hybridized carbons (Fsp3) is 0.333. The minimum absolute atomic E-state index is 0.167. The Balaban J connectivity index is 1.87. The molecule has 89 valence electrons. The topological polar surface area (TPSA) is 69.5 Å². The lowest BCUT2D eigenvalue weighted by molar-refractivity contribution is -0.133. The van der Waals surface area contributed by atoms with Crippen molar-refractivity contribution in [1.82, 2.24) is 10.6 Å². The number of rotatable bonds is 4. The highest BCUT2D eigenvalue weighted by atomic mass is 16.5. The summed E-state index contributed by atoms with van der Waals surface area (Å²) in [6.07, 6.45) is -0.415. The summed E-state index contributed by atoms with van der Waals surface area (Å²) in [7, 11) is 0. The molecule has 0 aliphatic carbocycles. The second kappa shape index (κ2) is 4.97. The van der Waals surface area contributed by atoms with Crippen molar-refractivity contribution >= 4 is 11.9 Å². The first-order valence-corrected chi connectivity index (χ1v) is 5.40. The van der Waals surface area contributed by atoms with Crippen LogP contribution in [0.5, 0.6) is 0 Å². The molecule has 0 aromatic heterocycles. The average Bonchev–Trinajstić information content (AvgIpc) is 2.58. The minimum Gasteiger partial charge on any atom is -0.346 e. The van der Waals surface area contributed by atoms with Gasteiger partial charge < -0.3 is 10.1 Å². The zero-order chi connectivity index (χ0) is 12.3. The molecule has 1 fully saturated rings. The Kier molecular flexibility index (Phi) is 3.39. The van der Waals surface area contributed by atoms with Gasteiger partial charge in [-0.1, -0.05) is 30.3 Å². The summed E-state index contributed by atoms with van der Waals surface area (Å²) in [6, 6.07) is 9.17. The smallest absolute Gasteiger partial charge is 0.346 e. The molecular formula is C12H13N2O3. The lowest BCUT2D eigenvalue weighted by Gasteiger charge is -2.16. The number of urea groups is 1. The molecule has 1 saturated heterocycles. The van der Waals surface area contributed by atoms with Gasteiger partial charge in [0.05, 0.1) is 6.10 Å². The Hall–Kier alpha value is -1.88. The fourth-order valence-electron chi connectivity index (χ4n) is 1.68. The van der Waals surface area contributed by atoms with E-state index in [0.717, 1.165) is 5.56 Å². The zero-order valence-corrected chi connectivity index (χ0v) is 9.42. The van der Waals surface area contributed by atoms with E-state index in [1.807, 2.05) is 37.3 Å². The summed E-state index contributed by atoms with van der Waals surface area (Å²) in [5, 5.41) is 5.56. The minimum atomic E-state index is -0.929. The largest absolute Gasteiger partial charge is 0.346 e. The number of nitrogens with one attached hydrogen (secondary N) is 1. The summed E-state index contributed by atoms with van der Waals surface area (Å²) < 4.78 is 5.42. The molecule has 0 spiro atoms. The number of carbonyl (C=O) groups excluding carboxylic acids is 2. The van der Waals surface area contributed by atoms with E-state index in [2.05, 4.69) is 10.6 Å². The third-order valence-electron chi connectivity index (χ3n) is 2.42. The maximum Gasteiger partial charge on any atom is 0.346 e. The summed E-state index contributed by atoms with van der Waals surface area (Å²) in [5.41, 5.74) is 1.12. The Morgan fingerprint density at radius 1 is 1.35 bits per heavy atom. The number of hydrogen-bond acceptors (Lipinski definition) is 3.